The number of aromatic amines is 3. The van der Waals surface area contributed by atoms with E-state index in [1.54, 1.807) is 79.5 Å². The van der Waals surface area contributed by atoms with E-state index in [1.807, 2.05) is 153 Å². The van der Waals surface area contributed by atoms with Crippen molar-refractivity contribution in [3.8, 4) is 34.5 Å². The number of fused-ring (bicyclic) bond motifs is 9. The van der Waals surface area contributed by atoms with Gasteiger partial charge in [0.1, 0.15) is 72.4 Å². The lowest BCUT2D eigenvalue weighted by atomic mass is 9.92. The summed E-state index contributed by atoms with van der Waals surface area (Å²) >= 11 is 22.3. The summed E-state index contributed by atoms with van der Waals surface area (Å²) < 4.78 is 72.0. The molecule has 26 heteroatoms. The summed E-state index contributed by atoms with van der Waals surface area (Å²) in [7, 11) is 6.52. The third kappa shape index (κ3) is 20.8. The Hall–Kier alpha value is -9.50. The fourth-order valence-electron chi connectivity index (χ4n) is 13.8. The maximum Gasteiger partial charge on any atom is 0.416 e. The van der Waals surface area contributed by atoms with E-state index in [0.717, 1.165) is 106 Å². The van der Waals surface area contributed by atoms with Gasteiger partial charge < -0.3 is 76.5 Å². The van der Waals surface area contributed by atoms with Crippen LogP contribution >= 0.6 is 50.7 Å². The van der Waals surface area contributed by atoms with Gasteiger partial charge in [-0.25, -0.2) is 14.4 Å². The SMILES string of the molecule is COCCOCCOc1ccc(C2c3[nH]c4ccc(Cl)cc4c3CCN2C(=O)OC(C)C)cc1.COCCOCCOc1ccc(C2c3[nH]c4ccc(Cl)cc4c3CCN2C(=O)Oc2ccc(Br)cc2)cc1.COCCOCCOc1ccc(C2c3[nH]c4ccc(Cl)cc4c3CCN2C(=O)Oc2ccc(OC)cc2)cc1. The Labute approximate surface area is 668 Å². The molecule has 0 radical (unpaired) electrons. The molecular weight excluding hydrogens is 1550 g/mol. The number of hydrogen-bond donors (Lipinski definition) is 3. The minimum atomic E-state index is -0.430. The molecule has 0 bridgehead atoms. The van der Waals surface area contributed by atoms with E-state index in [1.165, 1.54) is 5.56 Å². The minimum absolute atomic E-state index is 0.196. The molecule has 0 aliphatic carbocycles. The maximum absolute atomic E-state index is 13.5. The molecule has 111 heavy (non-hydrogen) atoms. The van der Waals surface area contributed by atoms with Crippen molar-refractivity contribution >= 4 is 102 Å². The van der Waals surface area contributed by atoms with Crippen molar-refractivity contribution in [2.75, 3.05) is 127 Å². The van der Waals surface area contributed by atoms with Crippen molar-refractivity contribution in [1.82, 2.24) is 29.7 Å². The van der Waals surface area contributed by atoms with Gasteiger partial charge in [0, 0.05) is 110 Å². The summed E-state index contributed by atoms with van der Waals surface area (Å²) in [4.78, 5) is 55.9. The number of carbonyl (C=O) groups is 3. The van der Waals surface area contributed by atoms with Gasteiger partial charge >= 0.3 is 18.3 Å². The van der Waals surface area contributed by atoms with Crippen LogP contribution in [0, 0.1) is 0 Å². The Morgan fingerprint density at radius 1 is 0.387 bits per heavy atom. The molecule has 14 rings (SSSR count). The normalized spacial score (nSPS) is 15.1. The number of aromatic nitrogens is 3. The number of benzene rings is 8. The molecule has 3 aromatic heterocycles. The van der Waals surface area contributed by atoms with Gasteiger partial charge in [0.25, 0.3) is 0 Å². The summed E-state index contributed by atoms with van der Waals surface area (Å²) in [6.45, 7) is 11.3. The topological polar surface area (TPSA) is 228 Å². The number of nitrogens with zero attached hydrogens (tertiary/aromatic N) is 3. The van der Waals surface area contributed by atoms with Crippen molar-refractivity contribution in [2.24, 2.45) is 0 Å². The molecular formula is C85H90BrCl3N6O16. The number of amides is 3. The van der Waals surface area contributed by atoms with Crippen molar-refractivity contribution < 1.29 is 76.0 Å². The minimum Gasteiger partial charge on any atom is -0.497 e. The van der Waals surface area contributed by atoms with Crippen LogP contribution in [0.2, 0.25) is 15.1 Å². The number of halogens is 4. The van der Waals surface area contributed by atoms with E-state index in [4.69, 9.17) is 96.4 Å². The zero-order chi connectivity index (χ0) is 77.8. The molecule has 584 valence electrons. The smallest absolute Gasteiger partial charge is 0.416 e. The molecule has 22 nitrogen and oxygen atoms in total. The van der Waals surface area contributed by atoms with E-state index in [2.05, 4.69) is 30.9 Å². The van der Waals surface area contributed by atoms with Crippen molar-refractivity contribution in [3.05, 3.63) is 246 Å². The lowest BCUT2D eigenvalue weighted by Crippen LogP contribution is -2.42. The average Bonchev–Trinajstić information content (AvgIpc) is 1.63. The van der Waals surface area contributed by atoms with Crippen LogP contribution in [0.15, 0.2) is 180 Å². The fourth-order valence-corrected chi connectivity index (χ4v) is 14.6. The van der Waals surface area contributed by atoms with Crippen LogP contribution in [0.25, 0.3) is 32.7 Å². The third-order valence-corrected chi connectivity index (χ3v) is 20.2. The van der Waals surface area contributed by atoms with Gasteiger partial charge in [-0.05, 0) is 206 Å². The molecule has 3 aliphatic heterocycles. The van der Waals surface area contributed by atoms with Gasteiger partial charge in [0.15, 0.2) is 0 Å². The molecule has 3 amide bonds. The number of hydrogen-bond acceptors (Lipinski definition) is 16. The van der Waals surface area contributed by atoms with Crippen molar-refractivity contribution in [1.29, 1.82) is 0 Å². The number of methoxy groups -OCH3 is 4. The summed E-state index contributed by atoms with van der Waals surface area (Å²) in [5, 5.41) is 5.29. The molecule has 3 aliphatic rings. The molecule has 3 unspecified atom stereocenters. The molecule has 3 atom stereocenters. The number of rotatable bonds is 28. The van der Waals surface area contributed by atoms with Gasteiger partial charge in [-0.2, -0.15) is 0 Å². The standard InChI is InChI=1S/C30H31ClN2O6.C29H28BrClN2O5.C26H31ClN2O5/c1-35-15-16-37-17-18-38-23-6-3-20(4-7-23)29-28-25(26-19-21(31)5-12-27(26)32-28)13-14-33(29)30(34)39-24-10-8-22(36-2)9-11-24;1-35-14-15-36-16-17-37-22-7-2-19(3-8-22)28-27-24(25-18-21(31)6-11-26(25)32-27)12-13-33(28)29(34)38-23-9-4-20(30)5-10-23;1-17(2)34-26(30)29-11-10-21-22-16-19(27)6-9-23(22)28-24(21)25(29)18-4-7-20(8-5-18)33-15-14-32-13-12-31-3/h3-12,19,29,32H,13-18H2,1-2H3;2-11,18,28,32H,12-17H2,1H3;4-9,16-17,25,28H,10-15H2,1-3H3. The first-order chi connectivity index (χ1) is 54.1. The predicted molar refractivity (Wildman–Crippen MR) is 431 cm³/mol. The molecule has 3 N–H and O–H groups in total. The first kappa shape index (κ1) is 81.0. The average molecular weight is 1640 g/mol. The second kappa shape index (κ2) is 39.6. The van der Waals surface area contributed by atoms with Gasteiger partial charge in [-0.3, -0.25) is 14.7 Å². The molecule has 8 aromatic carbocycles. The zero-order valence-corrected chi connectivity index (χ0v) is 66.5. The van der Waals surface area contributed by atoms with Gasteiger partial charge in [-0.1, -0.05) is 87.1 Å². The largest absolute Gasteiger partial charge is 0.497 e. The first-order valence-corrected chi connectivity index (χ1v) is 38.6. The quantitative estimate of drug-likeness (QED) is 0.0387. The van der Waals surface area contributed by atoms with Gasteiger partial charge in [0.05, 0.1) is 72.7 Å². The monoisotopic (exact) mass is 1630 g/mol. The van der Waals surface area contributed by atoms with E-state index < -0.39 is 12.2 Å². The molecule has 6 heterocycles. The third-order valence-electron chi connectivity index (χ3n) is 19.0. The van der Waals surface area contributed by atoms with Crippen LogP contribution in [0.4, 0.5) is 14.4 Å². The van der Waals surface area contributed by atoms with Gasteiger partial charge in [-0.15, -0.1) is 0 Å². The number of H-pyrrole nitrogens is 3. The second-order valence-corrected chi connectivity index (χ2v) is 28.8. The van der Waals surface area contributed by atoms with Crippen molar-refractivity contribution in [2.45, 2.75) is 57.3 Å². The molecule has 0 saturated heterocycles. The lowest BCUT2D eigenvalue weighted by Gasteiger charge is -2.36. The van der Waals surface area contributed by atoms with E-state index in [9.17, 15) is 14.4 Å². The second-order valence-electron chi connectivity index (χ2n) is 26.5. The van der Waals surface area contributed by atoms with E-state index in [0.29, 0.717) is 144 Å². The Morgan fingerprint density at radius 3 is 1.00 bits per heavy atom. The van der Waals surface area contributed by atoms with Crippen molar-refractivity contribution in [3.63, 3.8) is 0 Å². The highest BCUT2D eigenvalue weighted by molar-refractivity contribution is 9.10. The summed E-state index contributed by atoms with van der Waals surface area (Å²) in [6.07, 6.45) is 0.729. The number of nitrogens with one attached hydrogen (secondary N) is 3. The van der Waals surface area contributed by atoms with E-state index >= 15 is 0 Å². The fraction of sp³-hybridized carbons (Fsp3) is 0.329. The van der Waals surface area contributed by atoms with Crippen LogP contribution in [0.3, 0.4) is 0 Å². The predicted octanol–water partition coefficient (Wildman–Crippen LogP) is 18.1. The molecule has 0 saturated carbocycles. The summed E-state index contributed by atoms with van der Waals surface area (Å²) in [5.74, 6) is 3.83. The Balaban J connectivity index is 0.000000155. The Morgan fingerprint density at radius 2 is 0.685 bits per heavy atom. The Bertz CT molecular complexity index is 4870. The lowest BCUT2D eigenvalue weighted by molar-refractivity contribution is 0.0544. The zero-order valence-electron chi connectivity index (χ0n) is 62.7. The summed E-state index contributed by atoms with van der Waals surface area (Å²) in [6, 6.07) is 54.0. The van der Waals surface area contributed by atoms with Crippen LogP contribution in [-0.2, 0) is 52.4 Å². The van der Waals surface area contributed by atoms with Crippen LogP contribution in [-0.4, -0.2) is 181 Å². The first-order valence-electron chi connectivity index (χ1n) is 36.7. The number of ether oxygens (including phenoxy) is 13. The van der Waals surface area contributed by atoms with Crippen LogP contribution in [0.5, 0.6) is 34.5 Å². The van der Waals surface area contributed by atoms with Crippen LogP contribution in [0.1, 0.15) is 82.4 Å². The molecule has 0 spiro atoms. The molecule has 0 fully saturated rings. The summed E-state index contributed by atoms with van der Waals surface area (Å²) in [5.41, 5.74) is 12.2. The number of carbonyl (C=O) groups excluding carboxylic acids is 3. The highest BCUT2D eigenvalue weighted by Crippen LogP contribution is 2.44. The Kier molecular flexibility index (Phi) is 28.9. The maximum atomic E-state index is 13.5. The highest BCUT2D eigenvalue weighted by Gasteiger charge is 2.39. The van der Waals surface area contributed by atoms with E-state index in [-0.39, 0.29) is 30.3 Å². The molecule has 11 aromatic rings. The highest BCUT2D eigenvalue weighted by atomic mass is 79.9. The van der Waals surface area contributed by atoms with Gasteiger partial charge in [0.2, 0.25) is 0 Å². The van der Waals surface area contributed by atoms with Crippen LogP contribution < -0.4 is 28.4 Å².